The molecular weight excluding hydrogens is 613 g/mol. The van der Waals surface area contributed by atoms with Crippen LogP contribution in [-0.2, 0) is 11.3 Å². The van der Waals surface area contributed by atoms with Crippen LogP contribution in [0.1, 0.15) is 87.6 Å². The van der Waals surface area contributed by atoms with Crippen molar-refractivity contribution in [3.8, 4) is 16.8 Å². The van der Waals surface area contributed by atoms with Gasteiger partial charge in [-0.3, -0.25) is 4.79 Å². The number of rotatable bonds is 7. The lowest BCUT2D eigenvalue weighted by Crippen LogP contribution is -2.41. The van der Waals surface area contributed by atoms with Crippen LogP contribution in [0.5, 0.6) is 0 Å². The molecule has 1 spiro atoms. The Hall–Kier alpha value is -5.29. The maximum absolute atomic E-state index is 12.6. The second kappa shape index (κ2) is 11.7. The average Bonchev–Trinajstić information content (AvgIpc) is 3.84. The van der Waals surface area contributed by atoms with E-state index in [4.69, 9.17) is 5.21 Å². The molecule has 9 rings (SSSR count). The highest BCUT2D eigenvalue weighted by Crippen LogP contribution is 2.44. The topological polar surface area (TPSA) is 50.8 Å². The minimum absolute atomic E-state index is 0.145. The van der Waals surface area contributed by atoms with Gasteiger partial charge in [-0.1, -0.05) is 119 Å². The lowest BCUT2D eigenvalue weighted by atomic mass is 9.85. The number of amides is 1. The van der Waals surface area contributed by atoms with E-state index in [-0.39, 0.29) is 23.3 Å². The number of nitrogens with zero attached hydrogens (tertiary/aromatic N) is 3. The standard InChI is InChI=1S/C45H42N4O/c1-28(2)37-24-34(35-19-17-33-16-15-31-12-8-13-32-18-20-36(35)43(33)42(31)32)25-38(29(3)4)44(37)49-27-40(48(47-49)26-30-10-6-5-7-11-30)39-14-9-22-45(39)23-21-41(50)46-45/h5-8,10-20,24-25,27-29H,9,21-23,26H2,1-4H3/p+1/t45-/m0/s1. The fourth-order valence-electron chi connectivity index (χ4n) is 8.78. The summed E-state index contributed by atoms with van der Waals surface area (Å²) in [5.41, 5.74) is 9.39. The van der Waals surface area contributed by atoms with Crippen molar-refractivity contribution in [2.75, 3.05) is 0 Å². The summed E-state index contributed by atoms with van der Waals surface area (Å²) in [6, 6.07) is 35.7. The first kappa shape index (κ1) is 30.7. The molecule has 1 aromatic heterocycles. The SMILES string of the molecule is CC(C)c1cc(-c2ccc3ccc4cccc5ccc2c3c45)cc(C(C)C)c1-[n+]1cc(C2=CCC[C@]23CCC(=O)N3)n(Cc2ccccc2)n1. The zero-order chi connectivity index (χ0) is 34.1. The Morgan fingerprint density at radius 1 is 0.800 bits per heavy atom. The molecule has 1 saturated heterocycles. The Kier molecular flexibility index (Phi) is 7.17. The molecule has 1 aliphatic carbocycles. The monoisotopic (exact) mass is 655 g/mol. The van der Waals surface area contributed by atoms with Crippen LogP contribution >= 0.6 is 0 Å². The van der Waals surface area contributed by atoms with Gasteiger partial charge in [0.2, 0.25) is 5.91 Å². The maximum atomic E-state index is 12.6. The molecule has 1 N–H and O–H groups in total. The van der Waals surface area contributed by atoms with Crippen molar-refractivity contribution >= 4 is 43.8 Å². The molecule has 0 radical (unpaired) electrons. The smallest absolute Gasteiger partial charge is 0.220 e. The maximum Gasteiger partial charge on any atom is 0.220 e. The van der Waals surface area contributed by atoms with Crippen LogP contribution in [0.25, 0.3) is 54.7 Å². The fraction of sp³-hybridized carbons (Fsp3) is 0.267. The summed E-state index contributed by atoms with van der Waals surface area (Å²) in [7, 11) is 0. The van der Waals surface area contributed by atoms with E-state index in [0.717, 1.165) is 30.6 Å². The zero-order valence-electron chi connectivity index (χ0n) is 29.3. The largest absolute Gasteiger partial charge is 0.346 e. The van der Waals surface area contributed by atoms with Crippen LogP contribution in [0, 0.1) is 0 Å². The molecule has 5 heteroatoms. The molecule has 248 valence electrons. The first-order valence-electron chi connectivity index (χ1n) is 18.2. The third-order valence-corrected chi connectivity index (χ3v) is 11.3. The number of carbonyl (C=O) groups is 1. The lowest BCUT2D eigenvalue weighted by molar-refractivity contribution is -0.662. The molecular formula is C45H43N4O+. The van der Waals surface area contributed by atoms with E-state index in [9.17, 15) is 4.79 Å². The lowest BCUT2D eigenvalue weighted by Gasteiger charge is -2.26. The van der Waals surface area contributed by atoms with Gasteiger partial charge >= 0.3 is 0 Å². The molecule has 1 fully saturated rings. The van der Waals surface area contributed by atoms with Crippen molar-refractivity contribution in [3.63, 3.8) is 0 Å². The van der Waals surface area contributed by atoms with E-state index >= 15 is 0 Å². The Balaban J connectivity index is 1.24. The van der Waals surface area contributed by atoms with E-state index in [1.165, 1.54) is 65.7 Å². The number of benzene rings is 6. The van der Waals surface area contributed by atoms with Gasteiger partial charge in [0, 0.05) is 23.1 Å². The van der Waals surface area contributed by atoms with E-state index in [1.807, 2.05) is 0 Å². The molecule has 2 heterocycles. The van der Waals surface area contributed by atoms with Crippen LogP contribution in [0.2, 0.25) is 0 Å². The Morgan fingerprint density at radius 3 is 2.16 bits per heavy atom. The van der Waals surface area contributed by atoms with Gasteiger partial charge in [-0.05, 0) is 92.2 Å². The molecule has 1 amide bonds. The molecule has 0 unspecified atom stereocenters. The summed E-state index contributed by atoms with van der Waals surface area (Å²) < 4.78 is 4.29. The number of carbonyl (C=O) groups excluding carboxylic acids is 1. The van der Waals surface area contributed by atoms with Gasteiger partial charge in [0.25, 0.3) is 0 Å². The van der Waals surface area contributed by atoms with E-state index in [1.54, 1.807) is 0 Å². The summed E-state index contributed by atoms with van der Waals surface area (Å²) in [6.45, 7) is 9.83. The van der Waals surface area contributed by atoms with E-state index < -0.39 is 0 Å². The summed E-state index contributed by atoms with van der Waals surface area (Å²) in [4.78, 5) is 12.6. The van der Waals surface area contributed by atoms with Gasteiger partial charge in [0.05, 0.1) is 10.8 Å². The van der Waals surface area contributed by atoms with Crippen molar-refractivity contribution in [2.45, 2.75) is 77.3 Å². The predicted octanol–water partition coefficient (Wildman–Crippen LogP) is 9.85. The molecule has 2 aliphatic rings. The molecule has 0 bridgehead atoms. The number of hydrogen-bond acceptors (Lipinski definition) is 2. The second-order valence-electron chi connectivity index (χ2n) is 15.1. The number of nitrogens with one attached hydrogen (secondary N) is 1. The van der Waals surface area contributed by atoms with Gasteiger partial charge in [0.1, 0.15) is 6.54 Å². The van der Waals surface area contributed by atoms with Crippen LogP contribution < -0.4 is 10.00 Å². The molecule has 0 saturated carbocycles. The van der Waals surface area contributed by atoms with Crippen LogP contribution in [-0.4, -0.2) is 21.3 Å². The first-order chi connectivity index (χ1) is 24.3. The number of hydrogen-bond donors (Lipinski definition) is 1. The normalized spacial score (nSPS) is 17.7. The molecule has 50 heavy (non-hydrogen) atoms. The van der Waals surface area contributed by atoms with E-state index in [2.05, 4.69) is 152 Å². The Labute approximate surface area is 293 Å². The summed E-state index contributed by atoms with van der Waals surface area (Å²) in [5.74, 6) is 0.679. The molecule has 1 aliphatic heterocycles. The van der Waals surface area contributed by atoms with Crippen LogP contribution in [0.4, 0.5) is 0 Å². The van der Waals surface area contributed by atoms with Crippen LogP contribution in [0.3, 0.4) is 0 Å². The highest BCUT2D eigenvalue weighted by Gasteiger charge is 2.46. The second-order valence-corrected chi connectivity index (χ2v) is 15.1. The Morgan fingerprint density at radius 2 is 1.48 bits per heavy atom. The Bertz CT molecular complexity index is 2420. The molecule has 7 aromatic rings. The van der Waals surface area contributed by atoms with Crippen molar-refractivity contribution in [1.29, 1.82) is 0 Å². The van der Waals surface area contributed by atoms with Gasteiger partial charge in [-0.2, -0.15) is 0 Å². The fourth-order valence-corrected chi connectivity index (χ4v) is 8.78. The highest BCUT2D eigenvalue weighted by molar-refractivity contribution is 6.25. The number of aromatic nitrogens is 3. The van der Waals surface area contributed by atoms with Crippen molar-refractivity contribution in [1.82, 2.24) is 15.2 Å². The third kappa shape index (κ3) is 4.86. The van der Waals surface area contributed by atoms with E-state index in [0.29, 0.717) is 13.0 Å². The molecule has 5 nitrogen and oxygen atoms in total. The minimum Gasteiger partial charge on any atom is -0.346 e. The molecule has 1 atom stereocenters. The van der Waals surface area contributed by atoms with Crippen molar-refractivity contribution < 1.29 is 9.48 Å². The summed E-state index contributed by atoms with van der Waals surface area (Å²) in [5, 5.41) is 16.6. The predicted molar refractivity (Wildman–Crippen MR) is 204 cm³/mol. The van der Waals surface area contributed by atoms with Crippen molar-refractivity contribution in [3.05, 3.63) is 132 Å². The van der Waals surface area contributed by atoms with Gasteiger partial charge in [-0.25, -0.2) is 0 Å². The first-order valence-corrected chi connectivity index (χ1v) is 18.2. The minimum atomic E-state index is -0.315. The summed E-state index contributed by atoms with van der Waals surface area (Å²) in [6.07, 6.45) is 7.86. The highest BCUT2D eigenvalue weighted by atomic mass is 16.2. The molecule has 6 aromatic carbocycles. The van der Waals surface area contributed by atoms with Gasteiger partial charge in [0.15, 0.2) is 17.6 Å². The van der Waals surface area contributed by atoms with Crippen molar-refractivity contribution in [2.24, 2.45) is 0 Å². The number of allylic oxidation sites excluding steroid dienone is 1. The third-order valence-electron chi connectivity index (χ3n) is 11.3. The average molecular weight is 656 g/mol. The zero-order valence-corrected chi connectivity index (χ0v) is 29.3. The quantitative estimate of drug-likeness (QED) is 0.137. The van der Waals surface area contributed by atoms with Crippen LogP contribution in [0.15, 0.2) is 109 Å². The van der Waals surface area contributed by atoms with Gasteiger partial charge in [-0.15, -0.1) is 9.36 Å². The summed E-state index contributed by atoms with van der Waals surface area (Å²) >= 11 is 0. The van der Waals surface area contributed by atoms with Gasteiger partial charge < -0.3 is 5.32 Å².